The van der Waals surface area contributed by atoms with Gasteiger partial charge in [0.15, 0.2) is 0 Å². The van der Waals surface area contributed by atoms with E-state index in [4.69, 9.17) is 0 Å². The number of rotatable bonds is 1. The molecule has 0 bridgehead atoms. The molecule has 1 aromatic carbocycles. The van der Waals surface area contributed by atoms with E-state index in [9.17, 15) is 10.1 Å². The summed E-state index contributed by atoms with van der Waals surface area (Å²) < 4.78 is 0. The molecule has 2 fully saturated rings. The molecule has 1 unspecified atom stereocenters. The van der Waals surface area contributed by atoms with Crippen LogP contribution in [0.3, 0.4) is 0 Å². The third-order valence-electron chi connectivity index (χ3n) is 6.03. The van der Waals surface area contributed by atoms with E-state index in [-0.39, 0.29) is 11.3 Å². The van der Waals surface area contributed by atoms with E-state index in [1.807, 2.05) is 41.3 Å². The summed E-state index contributed by atoms with van der Waals surface area (Å²) >= 11 is 0. The first-order valence-electron chi connectivity index (χ1n) is 8.65. The Bertz CT molecular complexity index is 694. The van der Waals surface area contributed by atoms with Crippen LogP contribution < -0.4 is 4.90 Å². The molecule has 1 aromatic rings. The minimum absolute atomic E-state index is 0.197. The molecule has 1 atom stereocenters. The molecular weight excluding hydrogens is 284 g/mol. The number of para-hydroxylation sites is 1. The molecule has 0 N–H and O–H groups in total. The van der Waals surface area contributed by atoms with Gasteiger partial charge in [0.2, 0.25) is 5.91 Å². The highest BCUT2D eigenvalue weighted by atomic mass is 16.2. The van der Waals surface area contributed by atoms with E-state index in [0.717, 1.165) is 37.1 Å². The molecule has 3 heteroatoms. The molecule has 23 heavy (non-hydrogen) atoms. The van der Waals surface area contributed by atoms with Crippen molar-refractivity contribution in [3.05, 3.63) is 42.0 Å². The van der Waals surface area contributed by atoms with Gasteiger partial charge < -0.3 is 4.90 Å². The van der Waals surface area contributed by atoms with Crippen molar-refractivity contribution in [1.29, 1.82) is 5.26 Å². The topological polar surface area (TPSA) is 44.1 Å². The van der Waals surface area contributed by atoms with E-state index in [1.165, 1.54) is 25.7 Å². The van der Waals surface area contributed by atoms with Crippen molar-refractivity contribution in [3.8, 4) is 6.07 Å². The van der Waals surface area contributed by atoms with Gasteiger partial charge in [0, 0.05) is 17.8 Å². The van der Waals surface area contributed by atoms with Crippen LogP contribution >= 0.6 is 0 Å². The first-order valence-corrected chi connectivity index (χ1v) is 8.65. The summed E-state index contributed by atoms with van der Waals surface area (Å²) in [5.74, 6) is 0.197. The number of hydrogen-bond donors (Lipinski definition) is 0. The molecular formula is C20H22N2O. The Kier molecular flexibility index (Phi) is 3.30. The lowest BCUT2D eigenvalue weighted by atomic mass is 9.62. The van der Waals surface area contributed by atoms with Crippen LogP contribution in [0.15, 0.2) is 42.0 Å². The number of anilines is 1. The Hall–Kier alpha value is -2.08. The van der Waals surface area contributed by atoms with Crippen LogP contribution in [0.5, 0.6) is 0 Å². The van der Waals surface area contributed by atoms with E-state index in [2.05, 4.69) is 6.07 Å². The summed E-state index contributed by atoms with van der Waals surface area (Å²) in [6.07, 6.45) is 9.50. The fourth-order valence-electron chi connectivity index (χ4n) is 5.06. The maximum atomic E-state index is 13.3. The van der Waals surface area contributed by atoms with Crippen LogP contribution in [0.1, 0.15) is 44.9 Å². The highest BCUT2D eigenvalue weighted by Crippen LogP contribution is 2.57. The van der Waals surface area contributed by atoms with E-state index < -0.39 is 5.41 Å². The van der Waals surface area contributed by atoms with Crippen molar-refractivity contribution >= 4 is 11.6 Å². The number of amides is 1. The molecule has 0 radical (unpaired) electrons. The van der Waals surface area contributed by atoms with Gasteiger partial charge in [0.05, 0.1) is 11.5 Å². The summed E-state index contributed by atoms with van der Waals surface area (Å²) in [6, 6.07) is 12.3. The van der Waals surface area contributed by atoms with Crippen molar-refractivity contribution in [2.24, 2.45) is 10.8 Å². The van der Waals surface area contributed by atoms with E-state index in [0.29, 0.717) is 0 Å². The van der Waals surface area contributed by atoms with Crippen molar-refractivity contribution in [1.82, 2.24) is 0 Å². The highest BCUT2D eigenvalue weighted by molar-refractivity contribution is 6.01. The molecule has 3 aliphatic rings. The Labute approximate surface area is 137 Å². The number of hydrogen-bond acceptors (Lipinski definition) is 2. The molecule has 2 aliphatic carbocycles. The van der Waals surface area contributed by atoms with Crippen LogP contribution in [-0.4, -0.2) is 12.5 Å². The second-order valence-corrected chi connectivity index (χ2v) is 7.54. The zero-order valence-corrected chi connectivity index (χ0v) is 13.4. The van der Waals surface area contributed by atoms with Crippen LogP contribution in [0.4, 0.5) is 5.69 Å². The zero-order chi connectivity index (χ0) is 15.9. The van der Waals surface area contributed by atoms with Gasteiger partial charge in [0.25, 0.3) is 0 Å². The van der Waals surface area contributed by atoms with E-state index >= 15 is 0 Å². The molecule has 1 aliphatic heterocycles. The summed E-state index contributed by atoms with van der Waals surface area (Å²) in [4.78, 5) is 15.2. The quantitative estimate of drug-likeness (QED) is 0.780. The van der Waals surface area contributed by atoms with Crippen molar-refractivity contribution in [2.45, 2.75) is 44.9 Å². The first kappa shape index (κ1) is 14.5. The maximum absolute atomic E-state index is 13.3. The maximum Gasteiger partial charge on any atom is 0.237 e. The lowest BCUT2D eigenvalue weighted by Gasteiger charge is -2.41. The van der Waals surface area contributed by atoms with Gasteiger partial charge in [-0.05, 0) is 49.7 Å². The Morgan fingerprint density at radius 2 is 1.83 bits per heavy atom. The fourth-order valence-corrected chi connectivity index (χ4v) is 5.06. The van der Waals surface area contributed by atoms with Gasteiger partial charge in [-0.2, -0.15) is 5.26 Å². The van der Waals surface area contributed by atoms with Gasteiger partial charge in [0.1, 0.15) is 0 Å². The lowest BCUT2D eigenvalue weighted by molar-refractivity contribution is -0.125. The summed E-state index contributed by atoms with van der Waals surface area (Å²) in [6.45, 7) is 0.758. The minimum atomic E-state index is -0.441. The average Bonchev–Trinajstić information content (AvgIpc) is 3.14. The summed E-state index contributed by atoms with van der Waals surface area (Å²) in [5.41, 5.74) is 1.57. The third-order valence-corrected chi connectivity index (χ3v) is 6.03. The smallest absolute Gasteiger partial charge is 0.237 e. The molecule has 1 saturated carbocycles. The van der Waals surface area contributed by atoms with Gasteiger partial charge in [-0.15, -0.1) is 0 Å². The summed E-state index contributed by atoms with van der Waals surface area (Å²) in [7, 11) is 0. The molecule has 1 amide bonds. The predicted octanol–water partition coefficient (Wildman–Crippen LogP) is 4.21. The predicted molar refractivity (Wildman–Crippen MR) is 89.7 cm³/mol. The van der Waals surface area contributed by atoms with Gasteiger partial charge in [-0.3, -0.25) is 4.79 Å². The van der Waals surface area contributed by atoms with Crippen molar-refractivity contribution < 1.29 is 4.79 Å². The lowest BCUT2D eigenvalue weighted by Crippen LogP contribution is -2.40. The monoisotopic (exact) mass is 306 g/mol. The van der Waals surface area contributed by atoms with Crippen molar-refractivity contribution in [2.75, 3.05) is 11.4 Å². The Morgan fingerprint density at radius 1 is 1.09 bits per heavy atom. The van der Waals surface area contributed by atoms with Crippen LogP contribution in [0.25, 0.3) is 0 Å². The SMILES string of the molecule is N#CC1=CC2(CCN(c3ccccc3)C2=O)CC2(CCCC2)C1. The average molecular weight is 306 g/mol. The van der Waals surface area contributed by atoms with E-state index in [1.54, 1.807) is 0 Å². The molecule has 1 heterocycles. The Balaban J connectivity index is 1.70. The number of carbonyl (C=O) groups is 1. The molecule has 1 saturated heterocycles. The number of nitrogens with zero attached hydrogens (tertiary/aromatic N) is 2. The summed E-state index contributed by atoms with van der Waals surface area (Å²) in [5, 5.41) is 9.50. The van der Waals surface area contributed by atoms with Crippen molar-refractivity contribution in [3.63, 3.8) is 0 Å². The molecule has 118 valence electrons. The van der Waals surface area contributed by atoms with Crippen LogP contribution in [0, 0.1) is 22.2 Å². The Morgan fingerprint density at radius 3 is 2.52 bits per heavy atom. The minimum Gasteiger partial charge on any atom is -0.312 e. The number of nitriles is 1. The zero-order valence-electron chi connectivity index (χ0n) is 13.4. The second kappa shape index (κ2) is 5.23. The number of benzene rings is 1. The number of carbonyl (C=O) groups excluding carboxylic acids is 1. The highest BCUT2D eigenvalue weighted by Gasteiger charge is 2.53. The second-order valence-electron chi connectivity index (χ2n) is 7.54. The van der Waals surface area contributed by atoms with Gasteiger partial charge >= 0.3 is 0 Å². The largest absolute Gasteiger partial charge is 0.312 e. The molecule has 2 spiro atoms. The molecule has 0 aromatic heterocycles. The molecule has 4 rings (SSSR count). The fraction of sp³-hybridized carbons (Fsp3) is 0.500. The van der Waals surface area contributed by atoms with Gasteiger partial charge in [-0.25, -0.2) is 0 Å². The normalized spacial score (nSPS) is 29.1. The first-order chi connectivity index (χ1) is 11.2. The number of allylic oxidation sites excluding steroid dienone is 1. The standard InChI is InChI=1S/C20H22N2O/c21-14-16-12-19(8-4-5-9-19)15-20(13-16)10-11-22(18(20)23)17-6-2-1-3-7-17/h1-3,6-7,13H,4-5,8-12,15H2. The van der Waals surface area contributed by atoms with Crippen LogP contribution in [0.2, 0.25) is 0 Å². The van der Waals surface area contributed by atoms with Crippen LogP contribution in [-0.2, 0) is 4.79 Å². The molecule has 3 nitrogen and oxygen atoms in total. The van der Waals surface area contributed by atoms with Gasteiger partial charge in [-0.1, -0.05) is 37.1 Å². The third kappa shape index (κ3) is 2.28.